The fourth-order valence-corrected chi connectivity index (χ4v) is 4.06. The van der Waals surface area contributed by atoms with Gasteiger partial charge in [-0.2, -0.15) is 0 Å². The summed E-state index contributed by atoms with van der Waals surface area (Å²) in [5.74, 6) is 0.899. The van der Waals surface area contributed by atoms with E-state index in [1.165, 1.54) is 38.0 Å². The molecule has 2 aromatic rings. The maximum atomic E-state index is 5.52. The van der Waals surface area contributed by atoms with Gasteiger partial charge in [0.25, 0.3) is 0 Å². The summed E-state index contributed by atoms with van der Waals surface area (Å²) in [4.78, 5) is 9.72. The van der Waals surface area contributed by atoms with Crippen LogP contribution in [-0.4, -0.2) is 49.2 Å². The van der Waals surface area contributed by atoms with Crippen molar-refractivity contribution in [2.24, 2.45) is 0 Å². The standard InChI is InChI=1S/C20H25N3O/c1-24-20-7-3-2-6-19(20)16-13-18(15-21-14-16)23-12-11-22-9-4-5-17(23)8-10-22/h2-3,6-7,13-15,17H,4-5,8-12H2,1H3. The number of anilines is 1. The topological polar surface area (TPSA) is 28.6 Å². The van der Waals surface area contributed by atoms with Crippen molar-refractivity contribution in [3.63, 3.8) is 0 Å². The highest BCUT2D eigenvalue weighted by Gasteiger charge is 2.27. The largest absolute Gasteiger partial charge is 0.496 e. The summed E-state index contributed by atoms with van der Waals surface area (Å²) >= 11 is 0. The number of nitrogens with zero attached hydrogens (tertiary/aromatic N) is 3. The summed E-state index contributed by atoms with van der Waals surface area (Å²) in [6.07, 6.45) is 7.81. The molecule has 0 amide bonds. The lowest BCUT2D eigenvalue weighted by atomic mass is 10.0. The molecule has 2 bridgehead atoms. The number of ether oxygens (including phenoxy) is 1. The Kier molecular flexibility index (Phi) is 4.39. The van der Waals surface area contributed by atoms with Gasteiger partial charge >= 0.3 is 0 Å². The molecule has 4 nitrogen and oxygen atoms in total. The highest BCUT2D eigenvalue weighted by molar-refractivity contribution is 5.72. The van der Waals surface area contributed by atoms with Crippen LogP contribution in [0.1, 0.15) is 19.3 Å². The molecule has 0 saturated carbocycles. The van der Waals surface area contributed by atoms with E-state index in [9.17, 15) is 0 Å². The van der Waals surface area contributed by atoms with E-state index in [0.29, 0.717) is 6.04 Å². The Morgan fingerprint density at radius 3 is 2.88 bits per heavy atom. The second kappa shape index (κ2) is 6.81. The minimum absolute atomic E-state index is 0.646. The van der Waals surface area contributed by atoms with Crippen LogP contribution in [0.25, 0.3) is 11.1 Å². The fourth-order valence-electron chi connectivity index (χ4n) is 4.06. The molecule has 2 aliphatic rings. The van der Waals surface area contributed by atoms with E-state index in [0.717, 1.165) is 30.0 Å². The van der Waals surface area contributed by atoms with E-state index >= 15 is 0 Å². The van der Waals surface area contributed by atoms with Crippen molar-refractivity contribution in [3.05, 3.63) is 42.7 Å². The molecule has 4 rings (SSSR count). The van der Waals surface area contributed by atoms with Crippen molar-refractivity contribution in [1.82, 2.24) is 9.88 Å². The second-order valence-corrected chi connectivity index (χ2v) is 6.75. The van der Waals surface area contributed by atoms with E-state index in [1.54, 1.807) is 7.11 Å². The van der Waals surface area contributed by atoms with Crippen molar-refractivity contribution in [3.8, 4) is 16.9 Å². The van der Waals surface area contributed by atoms with E-state index in [1.807, 2.05) is 24.5 Å². The van der Waals surface area contributed by atoms with Crippen LogP contribution in [0.3, 0.4) is 0 Å². The third-order valence-corrected chi connectivity index (χ3v) is 5.36. The summed E-state index contributed by atoms with van der Waals surface area (Å²) in [5.41, 5.74) is 3.48. The highest BCUT2D eigenvalue weighted by atomic mass is 16.5. The molecular weight excluding hydrogens is 298 g/mol. The molecule has 4 heteroatoms. The third-order valence-electron chi connectivity index (χ3n) is 5.36. The van der Waals surface area contributed by atoms with E-state index in [4.69, 9.17) is 4.74 Å². The van der Waals surface area contributed by atoms with Crippen LogP contribution < -0.4 is 9.64 Å². The molecule has 0 radical (unpaired) electrons. The van der Waals surface area contributed by atoms with Crippen LogP contribution in [0.4, 0.5) is 5.69 Å². The highest BCUT2D eigenvalue weighted by Crippen LogP contribution is 2.33. The zero-order chi connectivity index (χ0) is 16.4. The number of benzene rings is 1. The Balaban J connectivity index is 1.67. The maximum Gasteiger partial charge on any atom is 0.126 e. The molecular formula is C20H25N3O. The summed E-state index contributed by atoms with van der Waals surface area (Å²) in [6, 6.07) is 11.1. The molecule has 2 aliphatic heterocycles. The van der Waals surface area contributed by atoms with Crippen LogP contribution in [0, 0.1) is 0 Å². The lowest BCUT2D eigenvalue weighted by Crippen LogP contribution is -2.39. The van der Waals surface area contributed by atoms with E-state index < -0.39 is 0 Å². The van der Waals surface area contributed by atoms with Gasteiger partial charge in [0.1, 0.15) is 5.75 Å². The van der Waals surface area contributed by atoms with Crippen LogP contribution in [0.2, 0.25) is 0 Å². The van der Waals surface area contributed by atoms with Crippen molar-refractivity contribution >= 4 is 5.69 Å². The second-order valence-electron chi connectivity index (χ2n) is 6.75. The van der Waals surface area contributed by atoms with Crippen molar-refractivity contribution in [2.75, 3.05) is 38.2 Å². The Morgan fingerprint density at radius 1 is 1.04 bits per heavy atom. The predicted molar refractivity (Wildman–Crippen MR) is 97.7 cm³/mol. The molecule has 0 aliphatic carbocycles. The number of hydrogen-bond donors (Lipinski definition) is 0. The summed E-state index contributed by atoms with van der Waals surface area (Å²) in [5, 5.41) is 0. The lowest BCUT2D eigenvalue weighted by Gasteiger charge is -2.33. The minimum Gasteiger partial charge on any atom is -0.496 e. The fraction of sp³-hybridized carbons (Fsp3) is 0.450. The first-order valence-corrected chi connectivity index (χ1v) is 8.92. The molecule has 1 aromatic carbocycles. The molecule has 1 aromatic heterocycles. The monoisotopic (exact) mass is 323 g/mol. The molecule has 24 heavy (non-hydrogen) atoms. The Hall–Kier alpha value is -2.07. The normalized spacial score (nSPS) is 23.6. The predicted octanol–water partition coefficient (Wildman–Crippen LogP) is 3.43. The number of fused-ring (bicyclic) bond motifs is 3. The van der Waals surface area contributed by atoms with Gasteiger partial charge in [0.05, 0.1) is 19.0 Å². The average Bonchev–Trinajstić information content (AvgIpc) is 2.98. The van der Waals surface area contributed by atoms with Gasteiger partial charge in [-0.25, -0.2) is 0 Å². The summed E-state index contributed by atoms with van der Waals surface area (Å²) in [7, 11) is 1.72. The van der Waals surface area contributed by atoms with Gasteiger partial charge in [-0.15, -0.1) is 0 Å². The van der Waals surface area contributed by atoms with Crippen molar-refractivity contribution in [1.29, 1.82) is 0 Å². The number of pyridine rings is 1. The van der Waals surface area contributed by atoms with Gasteiger partial charge < -0.3 is 14.5 Å². The Labute approximate surface area is 144 Å². The third kappa shape index (κ3) is 2.98. The average molecular weight is 323 g/mol. The molecule has 0 N–H and O–H groups in total. The first-order valence-electron chi connectivity index (χ1n) is 8.92. The smallest absolute Gasteiger partial charge is 0.126 e. The molecule has 2 saturated heterocycles. The number of aromatic nitrogens is 1. The lowest BCUT2D eigenvalue weighted by molar-refractivity contribution is 0.298. The van der Waals surface area contributed by atoms with Gasteiger partial charge in [0.15, 0.2) is 0 Å². The van der Waals surface area contributed by atoms with E-state index in [-0.39, 0.29) is 0 Å². The van der Waals surface area contributed by atoms with Gasteiger partial charge in [-0.3, -0.25) is 4.98 Å². The number of rotatable bonds is 3. The van der Waals surface area contributed by atoms with Crippen molar-refractivity contribution in [2.45, 2.75) is 25.3 Å². The van der Waals surface area contributed by atoms with E-state index in [2.05, 4.69) is 33.0 Å². The van der Waals surface area contributed by atoms with Gasteiger partial charge in [0, 0.05) is 43.0 Å². The first-order chi connectivity index (χ1) is 11.8. The first kappa shape index (κ1) is 15.5. The van der Waals surface area contributed by atoms with Gasteiger partial charge in [-0.1, -0.05) is 18.2 Å². The molecule has 3 heterocycles. The number of methoxy groups -OCH3 is 1. The van der Waals surface area contributed by atoms with Gasteiger partial charge in [0.2, 0.25) is 0 Å². The summed E-state index contributed by atoms with van der Waals surface area (Å²) in [6.45, 7) is 4.77. The zero-order valence-corrected chi connectivity index (χ0v) is 14.3. The van der Waals surface area contributed by atoms with Crippen LogP contribution in [0.5, 0.6) is 5.75 Å². The SMILES string of the molecule is COc1ccccc1-c1cncc(N2CCN3CCCC2CC3)c1. The molecule has 2 atom stereocenters. The van der Waals surface area contributed by atoms with Crippen LogP contribution in [0.15, 0.2) is 42.7 Å². The maximum absolute atomic E-state index is 5.52. The van der Waals surface area contributed by atoms with Crippen LogP contribution >= 0.6 is 0 Å². The van der Waals surface area contributed by atoms with Crippen molar-refractivity contribution < 1.29 is 4.74 Å². The number of hydrogen-bond acceptors (Lipinski definition) is 4. The Bertz CT molecular complexity index is 703. The molecule has 2 unspecified atom stereocenters. The minimum atomic E-state index is 0.646. The molecule has 126 valence electrons. The number of para-hydroxylation sites is 1. The molecule has 0 spiro atoms. The Morgan fingerprint density at radius 2 is 1.96 bits per heavy atom. The quantitative estimate of drug-likeness (QED) is 0.865. The summed E-state index contributed by atoms with van der Waals surface area (Å²) < 4.78 is 5.52. The van der Waals surface area contributed by atoms with Gasteiger partial charge in [-0.05, 0) is 37.9 Å². The zero-order valence-electron chi connectivity index (χ0n) is 14.3. The van der Waals surface area contributed by atoms with Crippen LogP contribution in [-0.2, 0) is 0 Å². The molecule has 2 fully saturated rings.